The molecule has 10 nitrogen and oxygen atoms in total. The Balaban J connectivity index is 1.73. The van der Waals surface area contributed by atoms with E-state index >= 15 is 0 Å². The summed E-state index contributed by atoms with van der Waals surface area (Å²) in [6.45, 7) is -0.0369. The van der Waals surface area contributed by atoms with Gasteiger partial charge in [0, 0.05) is 29.8 Å². The molecule has 210 valence electrons. The number of hydrogen-bond donors (Lipinski definition) is 4. The summed E-state index contributed by atoms with van der Waals surface area (Å²) in [6.07, 6.45) is -3.16. The van der Waals surface area contributed by atoms with Crippen molar-refractivity contribution >= 4 is 23.4 Å². The zero-order chi connectivity index (χ0) is 29.2. The average Bonchev–Trinajstić information content (AvgIpc) is 3.11. The van der Waals surface area contributed by atoms with Gasteiger partial charge in [-0.1, -0.05) is 103 Å². The van der Waals surface area contributed by atoms with Gasteiger partial charge in [-0.25, -0.2) is 4.79 Å². The summed E-state index contributed by atoms with van der Waals surface area (Å²) in [5, 5.41) is 38.8. The van der Waals surface area contributed by atoms with E-state index in [-0.39, 0.29) is 29.8 Å². The van der Waals surface area contributed by atoms with Gasteiger partial charge in [-0.2, -0.15) is 0 Å². The summed E-state index contributed by atoms with van der Waals surface area (Å²) in [5.41, 5.74) is -6.58. The molecule has 0 aromatic heterocycles. The predicted molar refractivity (Wildman–Crippen MR) is 146 cm³/mol. The minimum absolute atomic E-state index is 0.0370. The van der Waals surface area contributed by atoms with Crippen LogP contribution in [0.1, 0.15) is 31.1 Å². The molecule has 2 heterocycles. The molecule has 1 unspecified atom stereocenters. The highest BCUT2D eigenvalue weighted by atomic mass is 16.6. The SMILES string of the molecule is O=C(c1ccccc1)C(O)[C@H]1O[C@@H](N2CC=CCNC2=O)[C@@](O)(C(=O)c2ccccc2)[C@@]1(O)C(=O)c1ccccc1. The van der Waals surface area contributed by atoms with Gasteiger partial charge in [0.2, 0.25) is 17.2 Å². The molecular formula is C31H28N2O8. The monoisotopic (exact) mass is 556 g/mol. The largest absolute Gasteiger partial charge is 0.382 e. The molecule has 1 fully saturated rings. The maximum Gasteiger partial charge on any atom is 0.320 e. The number of aliphatic hydroxyl groups excluding tert-OH is 1. The Bertz CT molecular complexity index is 1480. The number of carbonyl (C=O) groups excluding carboxylic acids is 4. The number of benzene rings is 3. The zero-order valence-corrected chi connectivity index (χ0v) is 21.8. The lowest BCUT2D eigenvalue weighted by atomic mass is 9.69. The molecule has 41 heavy (non-hydrogen) atoms. The molecule has 0 saturated carbocycles. The van der Waals surface area contributed by atoms with Crippen molar-refractivity contribution in [2.45, 2.75) is 29.6 Å². The van der Waals surface area contributed by atoms with E-state index in [0.717, 1.165) is 4.90 Å². The van der Waals surface area contributed by atoms with Gasteiger partial charge in [-0.3, -0.25) is 19.3 Å². The highest BCUT2D eigenvalue weighted by Gasteiger charge is 2.76. The van der Waals surface area contributed by atoms with Gasteiger partial charge in [0.15, 0.2) is 17.6 Å². The predicted octanol–water partition coefficient (Wildman–Crippen LogP) is 1.76. The van der Waals surface area contributed by atoms with Crippen LogP contribution in [0.4, 0.5) is 4.79 Å². The van der Waals surface area contributed by atoms with Crippen LogP contribution in [0.25, 0.3) is 0 Å². The second-order valence-corrected chi connectivity index (χ2v) is 9.82. The van der Waals surface area contributed by atoms with Gasteiger partial charge in [0.05, 0.1) is 0 Å². The van der Waals surface area contributed by atoms with Crippen molar-refractivity contribution in [3.05, 3.63) is 120 Å². The van der Waals surface area contributed by atoms with Gasteiger partial charge in [-0.05, 0) is 0 Å². The third-order valence-electron chi connectivity index (χ3n) is 7.39. The molecule has 2 aliphatic heterocycles. The molecule has 3 aromatic rings. The molecule has 5 rings (SSSR count). The van der Waals surface area contributed by atoms with Crippen molar-refractivity contribution in [3.8, 4) is 0 Å². The fraction of sp³-hybridized carbons (Fsp3) is 0.226. The van der Waals surface area contributed by atoms with E-state index in [1.165, 1.54) is 60.7 Å². The van der Waals surface area contributed by atoms with Crippen molar-refractivity contribution in [3.63, 3.8) is 0 Å². The van der Waals surface area contributed by atoms with Crippen LogP contribution in [0.5, 0.6) is 0 Å². The Labute approximate surface area is 235 Å². The number of aliphatic hydroxyl groups is 3. The highest BCUT2D eigenvalue weighted by Crippen LogP contribution is 2.47. The number of rotatable bonds is 8. The third kappa shape index (κ3) is 4.66. The van der Waals surface area contributed by atoms with E-state index in [4.69, 9.17) is 4.74 Å². The maximum absolute atomic E-state index is 14.2. The van der Waals surface area contributed by atoms with Gasteiger partial charge in [0.1, 0.15) is 12.2 Å². The number of ketones is 3. The summed E-state index contributed by atoms with van der Waals surface area (Å²) in [5.74, 6) is -3.24. The number of Topliss-reactive ketones (excluding diaryl/α,β-unsaturated/α-hetero) is 3. The van der Waals surface area contributed by atoms with Crippen molar-refractivity contribution < 1.29 is 39.2 Å². The van der Waals surface area contributed by atoms with Gasteiger partial charge in [-0.15, -0.1) is 0 Å². The zero-order valence-electron chi connectivity index (χ0n) is 21.8. The van der Waals surface area contributed by atoms with Crippen molar-refractivity contribution in [1.82, 2.24) is 10.2 Å². The van der Waals surface area contributed by atoms with Crippen LogP contribution in [-0.4, -0.2) is 86.3 Å². The molecule has 1 saturated heterocycles. The molecule has 0 aliphatic carbocycles. The van der Waals surface area contributed by atoms with E-state index in [1.807, 2.05) is 0 Å². The van der Waals surface area contributed by atoms with E-state index < -0.39 is 53.0 Å². The normalized spacial score (nSPS) is 26.6. The summed E-state index contributed by atoms with van der Waals surface area (Å²) >= 11 is 0. The first-order valence-corrected chi connectivity index (χ1v) is 13.0. The Kier molecular flexibility index (Phi) is 7.65. The van der Waals surface area contributed by atoms with Crippen LogP contribution in [0, 0.1) is 0 Å². The molecule has 4 N–H and O–H groups in total. The van der Waals surface area contributed by atoms with E-state index in [1.54, 1.807) is 42.5 Å². The molecule has 5 atom stereocenters. The van der Waals surface area contributed by atoms with E-state index in [2.05, 4.69) is 5.32 Å². The van der Waals surface area contributed by atoms with Crippen LogP contribution in [-0.2, 0) is 4.74 Å². The second kappa shape index (κ2) is 11.2. The number of hydrogen-bond acceptors (Lipinski definition) is 8. The second-order valence-electron chi connectivity index (χ2n) is 9.82. The smallest absolute Gasteiger partial charge is 0.320 e. The fourth-order valence-corrected chi connectivity index (χ4v) is 5.26. The Morgan fingerprint density at radius 2 is 1.27 bits per heavy atom. The van der Waals surface area contributed by atoms with Crippen LogP contribution >= 0.6 is 0 Å². The first-order chi connectivity index (χ1) is 19.7. The fourth-order valence-electron chi connectivity index (χ4n) is 5.26. The van der Waals surface area contributed by atoms with Gasteiger partial charge >= 0.3 is 6.03 Å². The maximum atomic E-state index is 14.2. The van der Waals surface area contributed by atoms with Crippen molar-refractivity contribution in [2.24, 2.45) is 0 Å². The lowest BCUT2D eigenvalue weighted by Gasteiger charge is -2.41. The van der Waals surface area contributed by atoms with Gasteiger partial charge in [0.25, 0.3) is 0 Å². The Hall–Kier alpha value is -4.48. The summed E-state index contributed by atoms with van der Waals surface area (Å²) in [4.78, 5) is 55.8. The van der Waals surface area contributed by atoms with Crippen LogP contribution in [0.15, 0.2) is 103 Å². The van der Waals surface area contributed by atoms with Crippen LogP contribution < -0.4 is 5.32 Å². The number of ether oxygens (including phenoxy) is 1. The summed E-state index contributed by atoms with van der Waals surface area (Å²) < 4.78 is 5.97. The molecule has 0 bridgehead atoms. The molecule has 0 spiro atoms. The first kappa shape index (κ1) is 28.1. The topological polar surface area (TPSA) is 153 Å². The molecular weight excluding hydrogens is 528 g/mol. The lowest BCUT2D eigenvalue weighted by Crippen LogP contribution is -2.71. The minimum atomic E-state index is -3.23. The van der Waals surface area contributed by atoms with E-state index in [0.29, 0.717) is 0 Å². The minimum Gasteiger partial charge on any atom is -0.382 e. The number of carbonyl (C=O) groups is 4. The van der Waals surface area contributed by atoms with Crippen LogP contribution in [0.2, 0.25) is 0 Å². The number of nitrogens with one attached hydrogen (secondary N) is 1. The standard InChI is InChI=1S/C31H28N2O8/c34-23(20-12-4-1-5-13-20)24(35)27-30(39,25(36)21-14-6-2-7-15-21)31(40,26(37)22-16-8-3-9-17-22)28(41-27)33-19-11-10-18-32-29(33)38/h1-17,24,27-28,35,39-40H,18-19H2,(H,32,38)/t24?,27-,28-,30-,31+/m1/s1. The van der Waals surface area contributed by atoms with Crippen molar-refractivity contribution in [2.75, 3.05) is 13.1 Å². The quantitative estimate of drug-likeness (QED) is 0.242. The first-order valence-electron chi connectivity index (χ1n) is 13.0. The molecule has 3 aromatic carbocycles. The molecule has 2 aliphatic rings. The highest BCUT2D eigenvalue weighted by molar-refractivity contribution is 6.14. The van der Waals surface area contributed by atoms with Crippen molar-refractivity contribution in [1.29, 1.82) is 0 Å². The number of urea groups is 1. The number of amides is 2. The van der Waals surface area contributed by atoms with Crippen LogP contribution in [0.3, 0.4) is 0 Å². The number of nitrogens with zero attached hydrogens (tertiary/aromatic N) is 1. The molecule has 10 heteroatoms. The summed E-state index contributed by atoms with van der Waals surface area (Å²) in [7, 11) is 0. The Morgan fingerprint density at radius 1 is 0.780 bits per heavy atom. The van der Waals surface area contributed by atoms with E-state index in [9.17, 15) is 34.5 Å². The lowest BCUT2D eigenvalue weighted by molar-refractivity contribution is -0.115. The molecule has 2 amide bonds. The third-order valence-corrected chi connectivity index (χ3v) is 7.39. The molecule has 0 radical (unpaired) electrons. The summed E-state index contributed by atoms with van der Waals surface area (Å²) in [6, 6.07) is 21.6. The Morgan fingerprint density at radius 3 is 1.80 bits per heavy atom. The van der Waals surface area contributed by atoms with Gasteiger partial charge < -0.3 is 25.4 Å². The average molecular weight is 557 g/mol.